The topological polar surface area (TPSA) is 58.6 Å². The second kappa shape index (κ2) is 7.70. The highest BCUT2D eigenvalue weighted by Gasteiger charge is 2.19. The summed E-state index contributed by atoms with van der Waals surface area (Å²) < 4.78 is 5.24. The molecule has 0 saturated heterocycles. The lowest BCUT2D eigenvalue weighted by molar-refractivity contribution is 0.0911. The van der Waals surface area contributed by atoms with Crippen LogP contribution in [0.1, 0.15) is 49.5 Å². The predicted octanol–water partition coefficient (Wildman–Crippen LogP) is 2.35. The van der Waals surface area contributed by atoms with Crippen molar-refractivity contribution in [3.05, 3.63) is 29.3 Å². The zero-order valence-electron chi connectivity index (χ0n) is 13.1. The zero-order chi connectivity index (χ0) is 15.9. The van der Waals surface area contributed by atoms with Gasteiger partial charge in [-0.15, -0.1) is 0 Å². The molecule has 0 heterocycles. The average Bonchev–Trinajstić information content (AvgIpc) is 2.47. The first kappa shape index (κ1) is 17.1. The molecule has 0 unspecified atom stereocenters. The minimum atomic E-state index is -0.250. The Morgan fingerprint density at radius 1 is 1.43 bits per heavy atom. The normalized spacial score (nSPS) is 10.5. The Kier molecular flexibility index (Phi) is 6.26. The van der Waals surface area contributed by atoms with Gasteiger partial charge in [-0.3, -0.25) is 4.79 Å². The maximum Gasteiger partial charge on any atom is 0.251 e. The van der Waals surface area contributed by atoms with Gasteiger partial charge >= 0.3 is 0 Å². The first-order chi connectivity index (χ1) is 9.93. The molecule has 0 aromatic heterocycles. The number of benzene rings is 1. The highest BCUT2D eigenvalue weighted by molar-refractivity contribution is 5.95. The van der Waals surface area contributed by atoms with E-state index in [-0.39, 0.29) is 18.1 Å². The van der Waals surface area contributed by atoms with Crippen LogP contribution in [0.25, 0.3) is 0 Å². The fourth-order valence-electron chi connectivity index (χ4n) is 1.63. The van der Waals surface area contributed by atoms with Gasteiger partial charge in [-0.1, -0.05) is 18.8 Å². The van der Waals surface area contributed by atoms with Crippen LogP contribution in [0.4, 0.5) is 0 Å². The lowest BCUT2D eigenvalue weighted by Crippen LogP contribution is -2.42. The molecule has 4 nitrogen and oxygen atoms in total. The highest BCUT2D eigenvalue weighted by Crippen LogP contribution is 2.19. The number of carbonyl (C=O) groups excluding carboxylic acids is 1. The van der Waals surface area contributed by atoms with Gasteiger partial charge in [-0.25, -0.2) is 0 Å². The van der Waals surface area contributed by atoms with Crippen LogP contribution in [0.5, 0.6) is 5.75 Å². The molecule has 1 amide bonds. The second-order valence-corrected chi connectivity index (χ2v) is 5.38. The van der Waals surface area contributed by atoms with E-state index < -0.39 is 0 Å². The maximum atomic E-state index is 12.3. The monoisotopic (exact) mass is 289 g/mol. The number of carbonyl (C=O) groups is 1. The summed E-state index contributed by atoms with van der Waals surface area (Å²) in [4.78, 5) is 12.3. The maximum absolute atomic E-state index is 12.3. The molecule has 0 fully saturated rings. The molecule has 1 aromatic rings. The van der Waals surface area contributed by atoms with Gasteiger partial charge in [0.2, 0.25) is 0 Å². The number of methoxy groups -OCH3 is 1. The summed E-state index contributed by atoms with van der Waals surface area (Å²) in [6.07, 6.45) is 1.24. The number of hydrogen-bond acceptors (Lipinski definition) is 3. The number of ether oxygens (including phenoxy) is 1. The molecule has 1 rings (SSSR count). The van der Waals surface area contributed by atoms with Crippen LogP contribution >= 0.6 is 0 Å². The summed E-state index contributed by atoms with van der Waals surface area (Å²) in [5.41, 5.74) is 0.943. The molecule has 4 heteroatoms. The largest absolute Gasteiger partial charge is 0.495 e. The van der Waals surface area contributed by atoms with Crippen molar-refractivity contribution in [2.75, 3.05) is 13.7 Å². The van der Waals surface area contributed by atoms with Crippen molar-refractivity contribution in [2.24, 2.45) is 0 Å². The van der Waals surface area contributed by atoms with E-state index in [1.54, 1.807) is 25.3 Å². The Morgan fingerprint density at radius 3 is 2.71 bits per heavy atom. The van der Waals surface area contributed by atoms with Crippen molar-refractivity contribution < 1.29 is 14.6 Å². The smallest absolute Gasteiger partial charge is 0.251 e. The van der Waals surface area contributed by atoms with Crippen LogP contribution in [0, 0.1) is 11.8 Å². The third kappa shape index (κ3) is 5.13. The Balaban J connectivity index is 3.03. The second-order valence-electron chi connectivity index (χ2n) is 5.38. The molecule has 0 spiro atoms. The molecule has 2 N–H and O–H groups in total. The molecule has 1 aromatic carbocycles. The number of hydrogen-bond donors (Lipinski definition) is 2. The average molecular weight is 289 g/mol. The fourth-order valence-corrected chi connectivity index (χ4v) is 1.63. The number of amides is 1. The van der Waals surface area contributed by atoms with Crippen LogP contribution in [0.3, 0.4) is 0 Å². The summed E-state index contributed by atoms with van der Waals surface area (Å²) >= 11 is 0. The lowest BCUT2D eigenvalue weighted by Gasteiger charge is -2.24. The SMILES string of the molecule is CCC(C)(C)NC(=O)c1ccc(OC)c(C#CCCO)c1. The number of nitrogens with one attached hydrogen (secondary N) is 1. The molecule has 0 radical (unpaired) electrons. The van der Waals surface area contributed by atoms with E-state index in [0.29, 0.717) is 23.3 Å². The standard InChI is InChI=1S/C17H23NO3/c1-5-17(2,3)18-16(20)14-9-10-15(21-4)13(12-14)8-6-7-11-19/h9-10,12,19H,5,7,11H2,1-4H3,(H,18,20). The third-order valence-electron chi connectivity index (χ3n) is 3.26. The molecule has 0 aliphatic carbocycles. The van der Waals surface area contributed by atoms with E-state index in [4.69, 9.17) is 9.84 Å². The van der Waals surface area contributed by atoms with Crippen LogP contribution in [0.15, 0.2) is 18.2 Å². The molecule has 0 atom stereocenters. The van der Waals surface area contributed by atoms with E-state index in [9.17, 15) is 4.79 Å². The summed E-state index contributed by atoms with van der Waals surface area (Å²) in [6.45, 7) is 6.01. The van der Waals surface area contributed by atoms with Gasteiger partial charge in [0.25, 0.3) is 5.91 Å². The van der Waals surface area contributed by atoms with E-state index >= 15 is 0 Å². The highest BCUT2D eigenvalue weighted by atomic mass is 16.5. The molecule has 21 heavy (non-hydrogen) atoms. The van der Waals surface area contributed by atoms with E-state index in [2.05, 4.69) is 17.2 Å². The van der Waals surface area contributed by atoms with Crippen LogP contribution in [0.2, 0.25) is 0 Å². The molecule has 0 aliphatic rings. The Hall–Kier alpha value is -1.99. The van der Waals surface area contributed by atoms with Gasteiger partial charge in [0.15, 0.2) is 0 Å². The number of rotatable bonds is 5. The molecular weight excluding hydrogens is 266 g/mol. The van der Waals surface area contributed by atoms with E-state index in [1.807, 2.05) is 20.8 Å². The Bertz CT molecular complexity index is 553. The van der Waals surface area contributed by atoms with Gasteiger partial charge in [0.05, 0.1) is 19.3 Å². The molecule has 0 saturated carbocycles. The summed E-state index contributed by atoms with van der Waals surface area (Å²) in [5, 5.41) is 11.8. The lowest BCUT2D eigenvalue weighted by atomic mass is 10.0. The van der Waals surface area contributed by atoms with Crippen molar-refractivity contribution in [3.8, 4) is 17.6 Å². The quantitative estimate of drug-likeness (QED) is 0.818. The van der Waals surface area contributed by atoms with Gasteiger partial charge in [0, 0.05) is 17.5 Å². The molecule has 114 valence electrons. The molecule has 0 bridgehead atoms. The molecular formula is C17H23NO3. The van der Waals surface area contributed by atoms with Crippen LogP contribution < -0.4 is 10.1 Å². The van der Waals surface area contributed by atoms with E-state index in [0.717, 1.165) is 6.42 Å². The first-order valence-electron chi connectivity index (χ1n) is 7.03. The molecule has 0 aliphatic heterocycles. The fraction of sp³-hybridized carbons (Fsp3) is 0.471. The number of aliphatic hydroxyl groups excluding tert-OH is 1. The summed E-state index contributed by atoms with van der Waals surface area (Å²) in [6, 6.07) is 5.16. The van der Waals surface area contributed by atoms with Crippen molar-refractivity contribution in [3.63, 3.8) is 0 Å². The van der Waals surface area contributed by atoms with Crippen LogP contribution in [-0.4, -0.2) is 30.3 Å². The van der Waals surface area contributed by atoms with Gasteiger partial charge < -0.3 is 15.2 Å². The third-order valence-corrected chi connectivity index (χ3v) is 3.26. The van der Waals surface area contributed by atoms with Crippen molar-refractivity contribution in [2.45, 2.75) is 39.2 Å². The minimum absolute atomic E-state index is 0.0141. The van der Waals surface area contributed by atoms with Crippen molar-refractivity contribution in [1.29, 1.82) is 0 Å². The Labute approximate surface area is 126 Å². The minimum Gasteiger partial charge on any atom is -0.495 e. The summed E-state index contributed by atoms with van der Waals surface area (Å²) in [5.74, 6) is 6.25. The number of aliphatic hydroxyl groups is 1. The predicted molar refractivity (Wildman–Crippen MR) is 83.4 cm³/mol. The first-order valence-corrected chi connectivity index (χ1v) is 7.03. The van der Waals surface area contributed by atoms with Crippen LogP contribution in [-0.2, 0) is 0 Å². The van der Waals surface area contributed by atoms with Crippen molar-refractivity contribution in [1.82, 2.24) is 5.32 Å². The van der Waals surface area contributed by atoms with Gasteiger partial charge in [0.1, 0.15) is 5.75 Å². The van der Waals surface area contributed by atoms with Gasteiger partial charge in [-0.05, 0) is 38.5 Å². The summed E-state index contributed by atoms with van der Waals surface area (Å²) in [7, 11) is 1.56. The Morgan fingerprint density at radius 2 is 2.14 bits per heavy atom. The van der Waals surface area contributed by atoms with Gasteiger partial charge in [-0.2, -0.15) is 0 Å². The van der Waals surface area contributed by atoms with Crippen molar-refractivity contribution >= 4 is 5.91 Å². The zero-order valence-corrected chi connectivity index (χ0v) is 13.1. The van der Waals surface area contributed by atoms with E-state index in [1.165, 1.54) is 0 Å².